The monoisotopic (exact) mass is 261 g/mol. The quantitative estimate of drug-likeness (QED) is 0.809. The number of benzene rings is 1. The first-order valence-electron chi connectivity index (χ1n) is 3.88. The first-order valence-corrected chi connectivity index (χ1v) is 4.67. The normalized spacial score (nSPS) is 11.4. The van der Waals surface area contributed by atoms with Crippen molar-refractivity contribution in [2.45, 2.75) is 6.43 Å². The Bertz CT molecular complexity index is 481. The van der Waals surface area contributed by atoms with Gasteiger partial charge in [0, 0.05) is 17.3 Å². The summed E-state index contributed by atoms with van der Waals surface area (Å²) in [6, 6.07) is 3.23. The molecule has 14 heavy (non-hydrogen) atoms. The van der Waals surface area contributed by atoms with Gasteiger partial charge in [0.15, 0.2) is 0 Å². The molecular weight excluding hydrogens is 256 g/mol. The minimum atomic E-state index is -2.59. The minimum absolute atomic E-state index is 0.154. The molecule has 2 aromatic rings. The molecule has 0 radical (unpaired) electrons. The fourth-order valence-corrected chi connectivity index (χ4v) is 1.71. The molecule has 0 fully saturated rings. The van der Waals surface area contributed by atoms with E-state index in [1.54, 1.807) is 12.1 Å². The Hall–Kier alpha value is -1.10. The van der Waals surface area contributed by atoms with Crippen molar-refractivity contribution in [3.05, 3.63) is 28.4 Å². The highest BCUT2D eigenvalue weighted by Crippen LogP contribution is 2.37. The summed E-state index contributed by atoms with van der Waals surface area (Å²) in [4.78, 5) is 2.68. The van der Waals surface area contributed by atoms with E-state index in [0.29, 0.717) is 9.99 Å². The van der Waals surface area contributed by atoms with Gasteiger partial charge in [-0.2, -0.15) is 0 Å². The van der Waals surface area contributed by atoms with E-state index in [-0.39, 0.29) is 16.7 Å². The van der Waals surface area contributed by atoms with Crippen LogP contribution in [0.1, 0.15) is 12.0 Å². The standard InChI is InChI=1S/C9H6BrF2NO/c10-5-1-2-6-7(8(5)14)4(3-13-6)9(11)12/h1-3,9,13-14H. The van der Waals surface area contributed by atoms with Crippen molar-refractivity contribution >= 4 is 26.8 Å². The van der Waals surface area contributed by atoms with E-state index in [0.717, 1.165) is 0 Å². The van der Waals surface area contributed by atoms with E-state index in [9.17, 15) is 13.9 Å². The highest BCUT2D eigenvalue weighted by Gasteiger charge is 2.17. The number of fused-ring (bicyclic) bond motifs is 1. The first kappa shape index (κ1) is 9.45. The van der Waals surface area contributed by atoms with E-state index in [4.69, 9.17) is 0 Å². The van der Waals surface area contributed by atoms with Crippen LogP contribution in [0.2, 0.25) is 0 Å². The van der Waals surface area contributed by atoms with Crippen LogP contribution in [-0.4, -0.2) is 10.1 Å². The highest BCUT2D eigenvalue weighted by molar-refractivity contribution is 9.10. The smallest absolute Gasteiger partial charge is 0.266 e. The SMILES string of the molecule is Oc1c(Br)ccc2[nH]cc(C(F)F)c12. The first-order chi connectivity index (χ1) is 6.61. The number of H-pyrrole nitrogens is 1. The third-order valence-electron chi connectivity index (χ3n) is 2.04. The van der Waals surface area contributed by atoms with Crippen LogP contribution in [0, 0.1) is 0 Å². The van der Waals surface area contributed by atoms with Crippen LogP contribution in [0.15, 0.2) is 22.8 Å². The lowest BCUT2D eigenvalue weighted by Gasteiger charge is -2.01. The van der Waals surface area contributed by atoms with E-state index in [2.05, 4.69) is 20.9 Å². The number of rotatable bonds is 1. The molecule has 0 bridgehead atoms. The molecule has 2 N–H and O–H groups in total. The summed E-state index contributed by atoms with van der Waals surface area (Å²) in [5.41, 5.74) is 0.319. The predicted molar refractivity (Wildman–Crippen MR) is 52.6 cm³/mol. The van der Waals surface area contributed by atoms with Crippen molar-refractivity contribution in [1.29, 1.82) is 0 Å². The second-order valence-electron chi connectivity index (χ2n) is 2.86. The Morgan fingerprint density at radius 1 is 1.36 bits per heavy atom. The van der Waals surface area contributed by atoms with Gasteiger partial charge in [-0.15, -0.1) is 0 Å². The van der Waals surface area contributed by atoms with Gasteiger partial charge >= 0.3 is 0 Å². The Kier molecular flexibility index (Phi) is 2.19. The van der Waals surface area contributed by atoms with Crippen LogP contribution in [0.5, 0.6) is 5.75 Å². The van der Waals surface area contributed by atoms with E-state index < -0.39 is 6.43 Å². The maximum Gasteiger partial charge on any atom is 0.266 e. The summed E-state index contributed by atoms with van der Waals surface area (Å²) < 4.78 is 25.4. The van der Waals surface area contributed by atoms with Gasteiger partial charge in [0.25, 0.3) is 6.43 Å². The van der Waals surface area contributed by atoms with Gasteiger partial charge in [-0.05, 0) is 28.1 Å². The highest BCUT2D eigenvalue weighted by atomic mass is 79.9. The summed E-state index contributed by atoms with van der Waals surface area (Å²) in [6.07, 6.45) is -1.38. The molecule has 0 unspecified atom stereocenters. The van der Waals surface area contributed by atoms with Crippen molar-refractivity contribution < 1.29 is 13.9 Å². The number of aromatic hydroxyl groups is 1. The number of alkyl halides is 2. The van der Waals surface area contributed by atoms with E-state index >= 15 is 0 Å². The summed E-state index contributed by atoms with van der Waals surface area (Å²) >= 11 is 3.08. The zero-order valence-electron chi connectivity index (χ0n) is 6.89. The molecule has 0 aliphatic heterocycles. The molecule has 0 saturated heterocycles. The van der Waals surface area contributed by atoms with Crippen molar-refractivity contribution in [2.75, 3.05) is 0 Å². The number of aromatic nitrogens is 1. The molecule has 5 heteroatoms. The summed E-state index contributed by atoms with van der Waals surface area (Å²) in [5, 5.41) is 9.75. The number of phenols is 1. The van der Waals surface area contributed by atoms with Crippen LogP contribution < -0.4 is 0 Å². The maximum absolute atomic E-state index is 12.5. The summed E-state index contributed by atoms with van der Waals surface area (Å²) in [5.74, 6) is -0.154. The van der Waals surface area contributed by atoms with Crippen LogP contribution in [-0.2, 0) is 0 Å². The Labute approximate surface area is 86.7 Å². The zero-order valence-corrected chi connectivity index (χ0v) is 8.48. The van der Waals surface area contributed by atoms with Gasteiger partial charge in [-0.3, -0.25) is 0 Å². The van der Waals surface area contributed by atoms with Crippen LogP contribution in [0.25, 0.3) is 10.9 Å². The molecule has 0 atom stereocenters. The Morgan fingerprint density at radius 3 is 2.71 bits per heavy atom. The molecule has 2 rings (SSSR count). The van der Waals surface area contributed by atoms with Crippen molar-refractivity contribution in [3.63, 3.8) is 0 Å². The lowest BCUT2D eigenvalue weighted by atomic mass is 10.1. The number of aromatic amines is 1. The Balaban J connectivity index is 2.82. The van der Waals surface area contributed by atoms with Gasteiger partial charge in [-0.25, -0.2) is 8.78 Å². The summed E-state index contributed by atoms with van der Waals surface area (Å²) in [6.45, 7) is 0. The average molecular weight is 262 g/mol. The summed E-state index contributed by atoms with van der Waals surface area (Å²) in [7, 11) is 0. The van der Waals surface area contributed by atoms with Gasteiger partial charge in [0.2, 0.25) is 0 Å². The molecule has 1 aromatic carbocycles. The molecule has 74 valence electrons. The molecule has 2 nitrogen and oxygen atoms in total. The Morgan fingerprint density at radius 2 is 2.07 bits per heavy atom. The molecule has 0 aliphatic rings. The molecular formula is C9H6BrF2NO. The van der Waals surface area contributed by atoms with Gasteiger partial charge in [-0.1, -0.05) is 0 Å². The molecule has 1 aromatic heterocycles. The topological polar surface area (TPSA) is 36.0 Å². The second-order valence-corrected chi connectivity index (χ2v) is 3.72. The fourth-order valence-electron chi connectivity index (χ4n) is 1.38. The largest absolute Gasteiger partial charge is 0.506 e. The second kappa shape index (κ2) is 3.24. The molecule has 0 amide bonds. The third kappa shape index (κ3) is 1.28. The van der Waals surface area contributed by atoms with E-state index in [1.807, 2.05) is 0 Å². The van der Waals surface area contributed by atoms with Gasteiger partial charge in [0.05, 0.1) is 9.86 Å². The lowest BCUT2D eigenvalue weighted by molar-refractivity contribution is 0.153. The van der Waals surface area contributed by atoms with Crippen LogP contribution in [0.4, 0.5) is 8.78 Å². The van der Waals surface area contributed by atoms with Crippen molar-refractivity contribution in [1.82, 2.24) is 4.98 Å². The molecule has 0 saturated carbocycles. The van der Waals surface area contributed by atoms with Crippen LogP contribution in [0.3, 0.4) is 0 Å². The van der Waals surface area contributed by atoms with Crippen molar-refractivity contribution in [2.24, 2.45) is 0 Å². The lowest BCUT2D eigenvalue weighted by Crippen LogP contribution is -1.81. The van der Waals surface area contributed by atoms with Crippen molar-refractivity contribution in [3.8, 4) is 5.75 Å². The number of nitrogens with one attached hydrogen (secondary N) is 1. The molecule has 0 spiro atoms. The molecule has 0 aliphatic carbocycles. The average Bonchev–Trinajstić information content (AvgIpc) is 2.55. The number of hydrogen-bond donors (Lipinski definition) is 2. The zero-order chi connectivity index (χ0) is 10.3. The number of halogens is 3. The fraction of sp³-hybridized carbons (Fsp3) is 0.111. The van der Waals surface area contributed by atoms with Crippen LogP contribution >= 0.6 is 15.9 Å². The third-order valence-corrected chi connectivity index (χ3v) is 2.68. The van der Waals surface area contributed by atoms with Gasteiger partial charge < -0.3 is 10.1 Å². The van der Waals surface area contributed by atoms with Gasteiger partial charge in [0.1, 0.15) is 5.75 Å². The minimum Gasteiger partial charge on any atom is -0.506 e. The molecule has 1 heterocycles. The number of hydrogen-bond acceptors (Lipinski definition) is 1. The predicted octanol–water partition coefficient (Wildman–Crippen LogP) is 3.57. The number of phenolic OH excluding ortho intramolecular Hbond substituents is 1. The van der Waals surface area contributed by atoms with E-state index in [1.165, 1.54) is 6.20 Å². The maximum atomic E-state index is 12.5.